The van der Waals surface area contributed by atoms with Crippen molar-refractivity contribution >= 4 is 0 Å². The van der Waals surface area contributed by atoms with E-state index in [0.29, 0.717) is 5.92 Å². The molecule has 16 heavy (non-hydrogen) atoms. The lowest BCUT2D eigenvalue weighted by Crippen LogP contribution is -2.44. The van der Waals surface area contributed by atoms with Gasteiger partial charge in [-0.15, -0.1) is 0 Å². The van der Waals surface area contributed by atoms with Crippen molar-refractivity contribution < 1.29 is 5.11 Å². The molecule has 0 aromatic heterocycles. The average molecular weight is 225 g/mol. The maximum Gasteiger partial charge on any atom is 0.0771 e. The number of hydrogen-bond donors (Lipinski definition) is 2. The van der Waals surface area contributed by atoms with Gasteiger partial charge in [0.2, 0.25) is 0 Å². The molecule has 2 rings (SSSR count). The minimum absolute atomic E-state index is 0.477. The van der Waals surface area contributed by atoms with Gasteiger partial charge in [-0.05, 0) is 51.0 Å². The van der Waals surface area contributed by atoms with E-state index in [1.54, 1.807) is 0 Å². The lowest BCUT2D eigenvalue weighted by Gasteiger charge is -2.30. The van der Waals surface area contributed by atoms with Crippen molar-refractivity contribution in [2.45, 2.75) is 63.9 Å². The first-order chi connectivity index (χ1) is 7.68. The summed E-state index contributed by atoms with van der Waals surface area (Å²) in [6, 6.07) is 0. The fourth-order valence-corrected chi connectivity index (χ4v) is 3.44. The Morgan fingerprint density at radius 2 is 1.62 bits per heavy atom. The molecule has 2 aliphatic rings. The highest BCUT2D eigenvalue weighted by atomic mass is 16.3. The zero-order chi connectivity index (χ0) is 11.4. The van der Waals surface area contributed by atoms with Crippen LogP contribution in [0.2, 0.25) is 0 Å². The number of aliphatic hydroxyl groups is 1. The van der Waals surface area contributed by atoms with E-state index in [1.807, 2.05) is 6.92 Å². The molecule has 0 amide bonds. The summed E-state index contributed by atoms with van der Waals surface area (Å²) in [5.74, 6) is 1.41. The van der Waals surface area contributed by atoms with Gasteiger partial charge in [0.1, 0.15) is 0 Å². The fourth-order valence-electron chi connectivity index (χ4n) is 3.44. The third kappa shape index (κ3) is 3.21. The summed E-state index contributed by atoms with van der Waals surface area (Å²) in [7, 11) is 0. The van der Waals surface area contributed by atoms with E-state index >= 15 is 0 Å². The van der Waals surface area contributed by atoms with Crippen LogP contribution in [0.4, 0.5) is 0 Å². The largest absolute Gasteiger partial charge is 0.389 e. The second-order valence-corrected chi connectivity index (χ2v) is 6.12. The highest BCUT2D eigenvalue weighted by molar-refractivity contribution is 4.87. The van der Waals surface area contributed by atoms with Crippen molar-refractivity contribution in [1.29, 1.82) is 0 Å². The summed E-state index contributed by atoms with van der Waals surface area (Å²) in [5, 5.41) is 13.9. The second kappa shape index (κ2) is 5.50. The van der Waals surface area contributed by atoms with Crippen molar-refractivity contribution in [3.8, 4) is 0 Å². The average Bonchev–Trinajstić information content (AvgIpc) is 2.90. The summed E-state index contributed by atoms with van der Waals surface area (Å²) < 4.78 is 0. The molecule has 0 aliphatic heterocycles. The van der Waals surface area contributed by atoms with Crippen molar-refractivity contribution in [2.75, 3.05) is 13.1 Å². The standard InChI is InChI=1S/C14H27NO/c1-14(16,13-8-4-5-9-13)11-15-10-12-6-2-3-7-12/h12-13,15-16H,2-11H2,1H3. The second-order valence-electron chi connectivity index (χ2n) is 6.12. The van der Waals surface area contributed by atoms with Crippen molar-refractivity contribution in [3.63, 3.8) is 0 Å². The number of hydrogen-bond acceptors (Lipinski definition) is 2. The highest BCUT2D eigenvalue weighted by Crippen LogP contribution is 2.33. The molecule has 2 aliphatic carbocycles. The van der Waals surface area contributed by atoms with E-state index < -0.39 is 5.60 Å². The van der Waals surface area contributed by atoms with E-state index in [1.165, 1.54) is 51.4 Å². The minimum atomic E-state index is -0.477. The van der Waals surface area contributed by atoms with E-state index in [0.717, 1.165) is 19.0 Å². The molecule has 1 unspecified atom stereocenters. The van der Waals surface area contributed by atoms with Crippen LogP contribution in [0.25, 0.3) is 0 Å². The molecule has 0 heterocycles. The molecule has 2 N–H and O–H groups in total. The Balaban J connectivity index is 1.66. The van der Waals surface area contributed by atoms with Crippen LogP contribution in [0.1, 0.15) is 58.3 Å². The predicted octanol–water partition coefficient (Wildman–Crippen LogP) is 2.71. The van der Waals surface area contributed by atoms with Crippen LogP contribution in [-0.4, -0.2) is 23.8 Å². The number of nitrogens with one attached hydrogen (secondary N) is 1. The first kappa shape index (κ1) is 12.4. The van der Waals surface area contributed by atoms with Crippen LogP contribution < -0.4 is 5.32 Å². The Hall–Kier alpha value is -0.0800. The van der Waals surface area contributed by atoms with Gasteiger partial charge in [-0.3, -0.25) is 0 Å². The summed E-state index contributed by atoms with van der Waals surface area (Å²) in [6.45, 7) is 3.92. The monoisotopic (exact) mass is 225 g/mol. The molecule has 2 saturated carbocycles. The van der Waals surface area contributed by atoms with Crippen LogP contribution in [0.15, 0.2) is 0 Å². The Labute approximate surface area is 99.8 Å². The molecular formula is C14H27NO. The molecule has 0 aromatic carbocycles. The van der Waals surface area contributed by atoms with Gasteiger partial charge in [-0.25, -0.2) is 0 Å². The van der Waals surface area contributed by atoms with Gasteiger partial charge in [-0.2, -0.15) is 0 Å². The summed E-state index contributed by atoms with van der Waals surface area (Å²) in [6.07, 6.45) is 10.6. The maximum absolute atomic E-state index is 10.4. The zero-order valence-electron chi connectivity index (χ0n) is 10.7. The fraction of sp³-hybridized carbons (Fsp3) is 1.00. The van der Waals surface area contributed by atoms with Gasteiger partial charge < -0.3 is 10.4 Å². The first-order valence-electron chi connectivity index (χ1n) is 7.11. The molecule has 0 bridgehead atoms. The van der Waals surface area contributed by atoms with Crippen molar-refractivity contribution in [1.82, 2.24) is 5.32 Å². The molecule has 0 radical (unpaired) electrons. The van der Waals surface area contributed by atoms with Gasteiger partial charge >= 0.3 is 0 Å². The van der Waals surface area contributed by atoms with E-state index in [9.17, 15) is 5.11 Å². The molecule has 0 spiro atoms. The van der Waals surface area contributed by atoms with Gasteiger partial charge in [-0.1, -0.05) is 25.7 Å². The predicted molar refractivity (Wildman–Crippen MR) is 67.4 cm³/mol. The molecule has 2 nitrogen and oxygen atoms in total. The Bertz CT molecular complexity index is 203. The molecule has 2 heteroatoms. The Morgan fingerprint density at radius 1 is 1.06 bits per heavy atom. The molecule has 0 aromatic rings. The maximum atomic E-state index is 10.4. The highest BCUT2D eigenvalue weighted by Gasteiger charge is 2.33. The van der Waals surface area contributed by atoms with Gasteiger partial charge in [0.05, 0.1) is 5.60 Å². The lowest BCUT2D eigenvalue weighted by molar-refractivity contribution is 0.00187. The van der Waals surface area contributed by atoms with Crippen LogP contribution in [0.3, 0.4) is 0 Å². The first-order valence-corrected chi connectivity index (χ1v) is 7.11. The SMILES string of the molecule is CC(O)(CNCC1CCCC1)C1CCCC1. The van der Waals surface area contributed by atoms with E-state index in [2.05, 4.69) is 5.32 Å². The van der Waals surface area contributed by atoms with Crippen LogP contribution in [0.5, 0.6) is 0 Å². The Kier molecular flexibility index (Phi) is 4.26. The van der Waals surface area contributed by atoms with Crippen LogP contribution >= 0.6 is 0 Å². The molecule has 1 atom stereocenters. The van der Waals surface area contributed by atoms with E-state index in [-0.39, 0.29) is 0 Å². The summed E-state index contributed by atoms with van der Waals surface area (Å²) in [4.78, 5) is 0. The van der Waals surface area contributed by atoms with Crippen molar-refractivity contribution in [2.24, 2.45) is 11.8 Å². The lowest BCUT2D eigenvalue weighted by atomic mass is 9.87. The summed E-state index contributed by atoms with van der Waals surface area (Å²) in [5.41, 5.74) is -0.477. The quantitative estimate of drug-likeness (QED) is 0.754. The molecule has 0 saturated heterocycles. The molecule has 94 valence electrons. The third-order valence-corrected chi connectivity index (χ3v) is 4.63. The van der Waals surface area contributed by atoms with Gasteiger partial charge in [0.15, 0.2) is 0 Å². The number of rotatable bonds is 5. The molecular weight excluding hydrogens is 198 g/mol. The van der Waals surface area contributed by atoms with Gasteiger partial charge in [0, 0.05) is 6.54 Å². The van der Waals surface area contributed by atoms with Crippen LogP contribution in [-0.2, 0) is 0 Å². The van der Waals surface area contributed by atoms with Gasteiger partial charge in [0.25, 0.3) is 0 Å². The topological polar surface area (TPSA) is 32.3 Å². The van der Waals surface area contributed by atoms with E-state index in [4.69, 9.17) is 0 Å². The summed E-state index contributed by atoms with van der Waals surface area (Å²) >= 11 is 0. The third-order valence-electron chi connectivity index (χ3n) is 4.63. The normalized spacial score (nSPS) is 27.4. The van der Waals surface area contributed by atoms with Crippen molar-refractivity contribution in [3.05, 3.63) is 0 Å². The Morgan fingerprint density at radius 3 is 2.25 bits per heavy atom. The molecule has 2 fully saturated rings. The van der Waals surface area contributed by atoms with Crippen LogP contribution in [0, 0.1) is 11.8 Å². The zero-order valence-corrected chi connectivity index (χ0v) is 10.7. The minimum Gasteiger partial charge on any atom is -0.389 e. The smallest absolute Gasteiger partial charge is 0.0771 e.